The molecule has 0 aliphatic rings. The summed E-state index contributed by atoms with van der Waals surface area (Å²) < 4.78 is 0. The number of aliphatic imine (C=N–C) groups is 1. The van der Waals surface area contributed by atoms with Gasteiger partial charge in [-0.2, -0.15) is 0 Å². The van der Waals surface area contributed by atoms with Crippen LogP contribution in [0.4, 0.5) is 0 Å². The van der Waals surface area contributed by atoms with Gasteiger partial charge in [-0.05, 0) is 38.4 Å². The molecule has 4 nitrogen and oxygen atoms in total. The van der Waals surface area contributed by atoms with Crippen LogP contribution in [0.5, 0.6) is 0 Å². The van der Waals surface area contributed by atoms with Crippen LogP contribution in [0.25, 0.3) is 0 Å². The Morgan fingerprint density at radius 3 is 2.50 bits per heavy atom. The number of likely N-dealkylation sites (N-methyl/N-ethyl adjacent to an activating group) is 1. The first-order valence-electron chi connectivity index (χ1n) is 8.41. The van der Waals surface area contributed by atoms with Crippen molar-refractivity contribution in [2.75, 3.05) is 32.7 Å². The van der Waals surface area contributed by atoms with E-state index < -0.39 is 0 Å². The topological polar surface area (TPSA) is 39.7 Å². The third-order valence-corrected chi connectivity index (χ3v) is 5.00. The van der Waals surface area contributed by atoms with E-state index in [1.807, 2.05) is 11.3 Å². The summed E-state index contributed by atoms with van der Waals surface area (Å²) in [6, 6.07) is 4.78. The molecule has 2 N–H and O–H groups in total. The second-order valence-electron chi connectivity index (χ2n) is 5.59. The lowest BCUT2D eigenvalue weighted by Crippen LogP contribution is -2.41. The maximum absolute atomic E-state index is 4.74. The molecular formula is C17H32N4S. The van der Waals surface area contributed by atoms with Crippen LogP contribution < -0.4 is 10.6 Å². The third-order valence-electron chi connectivity index (χ3n) is 3.90. The Labute approximate surface area is 140 Å². The second kappa shape index (κ2) is 10.6. The highest BCUT2D eigenvalue weighted by Crippen LogP contribution is 2.19. The van der Waals surface area contributed by atoms with Gasteiger partial charge < -0.3 is 10.6 Å². The standard InChI is InChI=1S/C17H32N4S/c1-6-18-17(20-13-15(5)21(7-2)8-3)19-12-14(4)16-10-9-11-22-16/h9-11,14-15H,6-8,12-13H2,1-5H3,(H2,18,19,20). The molecule has 0 aromatic carbocycles. The van der Waals surface area contributed by atoms with Crippen LogP contribution in [0.15, 0.2) is 22.5 Å². The zero-order chi connectivity index (χ0) is 16.4. The Hall–Kier alpha value is -1.07. The van der Waals surface area contributed by atoms with E-state index in [4.69, 9.17) is 4.99 Å². The maximum atomic E-state index is 4.74. The van der Waals surface area contributed by atoms with Crippen LogP contribution in [0, 0.1) is 0 Å². The predicted molar refractivity (Wildman–Crippen MR) is 99.1 cm³/mol. The van der Waals surface area contributed by atoms with Crippen molar-refractivity contribution in [3.63, 3.8) is 0 Å². The maximum Gasteiger partial charge on any atom is 0.191 e. The molecule has 1 heterocycles. The van der Waals surface area contributed by atoms with Crippen LogP contribution in [0.2, 0.25) is 0 Å². The summed E-state index contributed by atoms with van der Waals surface area (Å²) in [5.74, 6) is 1.42. The number of thiophene rings is 1. The van der Waals surface area contributed by atoms with Gasteiger partial charge in [0.05, 0.1) is 6.54 Å². The Morgan fingerprint density at radius 2 is 1.95 bits per heavy atom. The second-order valence-corrected chi connectivity index (χ2v) is 6.57. The summed E-state index contributed by atoms with van der Waals surface area (Å²) in [5, 5.41) is 8.94. The van der Waals surface area contributed by atoms with Crippen molar-refractivity contribution in [3.05, 3.63) is 22.4 Å². The van der Waals surface area contributed by atoms with Crippen LogP contribution in [0.1, 0.15) is 45.4 Å². The van der Waals surface area contributed by atoms with E-state index in [0.717, 1.165) is 38.7 Å². The number of hydrogen-bond donors (Lipinski definition) is 2. The summed E-state index contributed by atoms with van der Waals surface area (Å²) in [7, 11) is 0. The summed E-state index contributed by atoms with van der Waals surface area (Å²) >= 11 is 1.82. The molecule has 0 spiro atoms. The van der Waals surface area contributed by atoms with Crippen molar-refractivity contribution in [2.24, 2.45) is 4.99 Å². The zero-order valence-electron chi connectivity index (χ0n) is 14.7. The highest BCUT2D eigenvalue weighted by atomic mass is 32.1. The van der Waals surface area contributed by atoms with Gasteiger partial charge in [-0.15, -0.1) is 11.3 Å². The van der Waals surface area contributed by atoms with Gasteiger partial charge in [-0.1, -0.05) is 26.8 Å². The van der Waals surface area contributed by atoms with Crippen molar-refractivity contribution in [3.8, 4) is 0 Å². The molecule has 1 aromatic heterocycles. The SMILES string of the molecule is CCNC(=NCC(C)N(CC)CC)NCC(C)c1cccs1. The molecule has 0 amide bonds. The molecule has 1 aromatic rings. The summed E-state index contributed by atoms with van der Waals surface area (Å²) in [5.41, 5.74) is 0. The summed E-state index contributed by atoms with van der Waals surface area (Å²) in [6.45, 7) is 15.8. The lowest BCUT2D eigenvalue weighted by molar-refractivity contribution is 0.237. The van der Waals surface area contributed by atoms with Crippen molar-refractivity contribution in [2.45, 2.75) is 46.6 Å². The molecule has 0 aliphatic heterocycles. The van der Waals surface area contributed by atoms with E-state index >= 15 is 0 Å². The molecule has 0 saturated carbocycles. The van der Waals surface area contributed by atoms with E-state index in [-0.39, 0.29) is 0 Å². The first-order valence-corrected chi connectivity index (χ1v) is 9.29. The minimum Gasteiger partial charge on any atom is -0.357 e. The van der Waals surface area contributed by atoms with Gasteiger partial charge in [0.25, 0.3) is 0 Å². The van der Waals surface area contributed by atoms with E-state index in [9.17, 15) is 0 Å². The molecule has 0 aliphatic carbocycles. The fourth-order valence-electron chi connectivity index (χ4n) is 2.45. The monoisotopic (exact) mass is 324 g/mol. The number of rotatable bonds is 9. The third kappa shape index (κ3) is 6.36. The first-order chi connectivity index (χ1) is 10.6. The van der Waals surface area contributed by atoms with E-state index in [0.29, 0.717) is 12.0 Å². The zero-order valence-corrected chi connectivity index (χ0v) is 15.5. The average molecular weight is 325 g/mol. The smallest absolute Gasteiger partial charge is 0.191 e. The molecule has 0 bridgehead atoms. The van der Waals surface area contributed by atoms with Crippen LogP contribution in [0.3, 0.4) is 0 Å². The quantitative estimate of drug-likeness (QED) is 0.541. The van der Waals surface area contributed by atoms with Gasteiger partial charge in [0.15, 0.2) is 5.96 Å². The highest BCUT2D eigenvalue weighted by Gasteiger charge is 2.10. The van der Waals surface area contributed by atoms with E-state index in [2.05, 4.69) is 67.7 Å². The Bertz CT molecular complexity index is 412. The fourth-order valence-corrected chi connectivity index (χ4v) is 3.24. The minimum atomic E-state index is 0.472. The molecule has 0 radical (unpaired) electrons. The van der Waals surface area contributed by atoms with Crippen LogP contribution >= 0.6 is 11.3 Å². The molecular weight excluding hydrogens is 292 g/mol. The number of nitrogens with zero attached hydrogens (tertiary/aromatic N) is 2. The Balaban J connectivity index is 2.51. The van der Waals surface area contributed by atoms with Crippen LogP contribution in [-0.2, 0) is 0 Å². The first kappa shape index (κ1) is 19.0. The summed E-state index contributed by atoms with van der Waals surface area (Å²) in [6.07, 6.45) is 0. The fraction of sp³-hybridized carbons (Fsp3) is 0.706. The summed E-state index contributed by atoms with van der Waals surface area (Å²) in [4.78, 5) is 8.59. The van der Waals surface area contributed by atoms with Crippen molar-refractivity contribution in [1.29, 1.82) is 0 Å². The van der Waals surface area contributed by atoms with Gasteiger partial charge in [-0.3, -0.25) is 9.89 Å². The molecule has 1 rings (SSSR count). The normalized spacial score (nSPS) is 14.9. The van der Waals surface area contributed by atoms with Crippen molar-refractivity contribution >= 4 is 17.3 Å². The molecule has 5 heteroatoms. The minimum absolute atomic E-state index is 0.472. The molecule has 0 saturated heterocycles. The molecule has 2 atom stereocenters. The number of nitrogens with one attached hydrogen (secondary N) is 2. The van der Waals surface area contributed by atoms with Crippen molar-refractivity contribution < 1.29 is 0 Å². The van der Waals surface area contributed by atoms with Gasteiger partial charge >= 0.3 is 0 Å². The van der Waals surface area contributed by atoms with Gasteiger partial charge in [0, 0.05) is 29.9 Å². The van der Waals surface area contributed by atoms with Crippen molar-refractivity contribution in [1.82, 2.24) is 15.5 Å². The largest absolute Gasteiger partial charge is 0.357 e. The molecule has 2 unspecified atom stereocenters. The highest BCUT2D eigenvalue weighted by molar-refractivity contribution is 7.10. The van der Waals surface area contributed by atoms with Gasteiger partial charge in [-0.25, -0.2) is 0 Å². The predicted octanol–water partition coefficient (Wildman–Crippen LogP) is 3.14. The molecule has 22 heavy (non-hydrogen) atoms. The number of hydrogen-bond acceptors (Lipinski definition) is 3. The Kier molecular flexibility index (Phi) is 9.16. The Morgan fingerprint density at radius 1 is 1.23 bits per heavy atom. The van der Waals surface area contributed by atoms with Crippen LogP contribution in [-0.4, -0.2) is 49.6 Å². The van der Waals surface area contributed by atoms with E-state index in [1.165, 1.54) is 4.88 Å². The molecule has 126 valence electrons. The van der Waals surface area contributed by atoms with Gasteiger partial charge in [0.1, 0.15) is 0 Å². The molecule has 0 fully saturated rings. The average Bonchev–Trinajstić information content (AvgIpc) is 3.05. The lowest BCUT2D eigenvalue weighted by Gasteiger charge is -2.25. The van der Waals surface area contributed by atoms with E-state index in [1.54, 1.807) is 0 Å². The lowest BCUT2D eigenvalue weighted by atomic mass is 10.1. The van der Waals surface area contributed by atoms with Gasteiger partial charge in [0.2, 0.25) is 0 Å². The number of guanidine groups is 1.